The first-order chi connectivity index (χ1) is 39.8. The van der Waals surface area contributed by atoms with Crippen LogP contribution in [0.3, 0.4) is 0 Å². The summed E-state index contributed by atoms with van der Waals surface area (Å²) in [6.07, 6.45) is 8.67. The van der Waals surface area contributed by atoms with E-state index in [2.05, 4.69) is 79.4 Å². The van der Waals surface area contributed by atoms with E-state index < -0.39 is 41.8 Å². The fraction of sp³-hybridized carbons (Fsp3) is 0.228. The van der Waals surface area contributed by atoms with Gasteiger partial charge in [-0.15, -0.1) is 0 Å². The van der Waals surface area contributed by atoms with Crippen molar-refractivity contribution in [2.75, 3.05) is 45.6 Å². The number of amides is 3. The van der Waals surface area contributed by atoms with Crippen molar-refractivity contribution in [3.63, 3.8) is 0 Å². The maximum atomic E-state index is 14.3. The maximum Gasteiger partial charge on any atom is 0.266 e. The summed E-state index contributed by atoms with van der Waals surface area (Å²) >= 11 is 8.95. The zero-order chi connectivity index (χ0) is 60.4. The number of halogens is 7. The number of H-pyrrole nitrogens is 1. The summed E-state index contributed by atoms with van der Waals surface area (Å²) < 4.78 is 56.5. The van der Waals surface area contributed by atoms with Gasteiger partial charge in [-0.1, -0.05) is 96.9 Å². The standard InChI is InChI=1S/C22H19F2N5O2.C17H16BrFN4O2.C15H13BrN4O2.C3H6FI/c1-28-20(31)22(27-21(28)25,16-11-17(13-30)29(12-16)9-7-23)15-5-2-4-14(10-15)18-6-3-8-26-19(18)24;1-22-15(25)17(21-16(22)20,11-3-2-4-13(18)7-11)12-8-14(10-24)23(9-12)6-5-19;1-20-13(22)15(19-14(20)17,9-3-2-4-11(16)5-9)10-6-12(8-21)18-7-10;4-2-1-3-5/h2-6,8,10-13H,7,9H2,1H3,(H2,25,27);2-4,7-10H,5-6H2,1H3,(H2,20,21);2-8,18H,1H3,(H2,17,19);1-3H2. The number of aromatic amines is 1. The van der Waals surface area contributed by atoms with Gasteiger partial charge in [-0.25, -0.2) is 28.7 Å². The minimum atomic E-state index is -1.59. The molecule has 0 fully saturated rings. The van der Waals surface area contributed by atoms with Gasteiger partial charge in [0, 0.05) is 81.6 Å². The molecule has 3 atom stereocenters. The molecule has 0 aliphatic carbocycles. The lowest BCUT2D eigenvalue weighted by molar-refractivity contribution is -0.130. The lowest BCUT2D eigenvalue weighted by atomic mass is 9.83. The Balaban J connectivity index is 0.000000174. The topological polar surface area (TPSA) is 266 Å². The van der Waals surface area contributed by atoms with Gasteiger partial charge in [-0.2, -0.15) is 4.39 Å². The van der Waals surface area contributed by atoms with E-state index in [1.807, 2.05) is 30.3 Å². The third kappa shape index (κ3) is 12.2. The van der Waals surface area contributed by atoms with Crippen LogP contribution in [0, 0.1) is 5.95 Å². The van der Waals surface area contributed by atoms with Gasteiger partial charge in [0.1, 0.15) is 13.3 Å². The summed E-state index contributed by atoms with van der Waals surface area (Å²) in [6.45, 7) is -1.50. The van der Waals surface area contributed by atoms with Crippen LogP contribution < -0.4 is 17.2 Å². The number of hydrogen-bond donors (Lipinski definition) is 4. The number of likely N-dealkylation sites (N-methyl/N-ethyl adjacent to an activating group) is 3. The summed E-state index contributed by atoms with van der Waals surface area (Å²) in [5, 5.41) is 0. The van der Waals surface area contributed by atoms with E-state index in [4.69, 9.17) is 17.2 Å². The number of rotatable bonds is 16. The van der Waals surface area contributed by atoms with Crippen LogP contribution in [0.2, 0.25) is 0 Å². The van der Waals surface area contributed by atoms with Crippen LogP contribution in [-0.2, 0) is 44.1 Å². The van der Waals surface area contributed by atoms with Crippen LogP contribution in [0.15, 0.2) is 152 Å². The SMILES string of the molecule is CN1C(=O)C(c2cccc(-c3cccnc3F)c2)(c2cc(C=O)n(CCF)c2)N=C1N.CN1C(=O)C(c2cccc(Br)c2)(c2c[nH]c(C=O)c2)N=C1N.CN1C(=O)C(c2cccc(Br)c2)(c2cc(C=O)n(CCF)c2)N=C1N.FCCCI. The second-order valence-electron chi connectivity index (χ2n) is 18.6. The van der Waals surface area contributed by atoms with Crippen LogP contribution in [0.5, 0.6) is 0 Å². The van der Waals surface area contributed by atoms with E-state index >= 15 is 0 Å². The smallest absolute Gasteiger partial charge is 0.266 e. The predicted molar refractivity (Wildman–Crippen MR) is 321 cm³/mol. The van der Waals surface area contributed by atoms with Gasteiger partial charge in [0.2, 0.25) is 5.95 Å². The molecule has 10 rings (SSSR count). The molecule has 0 bridgehead atoms. The van der Waals surface area contributed by atoms with Gasteiger partial charge in [0.05, 0.1) is 36.8 Å². The molecular weight excluding hydrogens is 1330 g/mol. The Morgan fingerprint density at radius 3 is 1.37 bits per heavy atom. The van der Waals surface area contributed by atoms with Crippen molar-refractivity contribution in [3.05, 3.63) is 193 Å². The lowest BCUT2D eigenvalue weighted by Crippen LogP contribution is -2.41. The van der Waals surface area contributed by atoms with Gasteiger partial charge in [0.15, 0.2) is 53.4 Å². The number of aliphatic imine (C=N–C) groups is 3. The Bertz CT molecular complexity index is 3680. The number of aryl methyl sites for hydroxylation is 2. The van der Waals surface area contributed by atoms with Crippen LogP contribution in [0.25, 0.3) is 11.1 Å². The van der Waals surface area contributed by atoms with Crippen LogP contribution in [0.4, 0.5) is 17.6 Å². The first-order valence-corrected chi connectivity index (χ1v) is 28.2. The summed E-state index contributed by atoms with van der Waals surface area (Å²) in [5.41, 5.74) is 18.2. The number of hydrogen-bond acceptors (Lipinski definition) is 13. The third-order valence-electron chi connectivity index (χ3n) is 13.7. The van der Waals surface area contributed by atoms with E-state index in [0.29, 0.717) is 69.9 Å². The van der Waals surface area contributed by atoms with E-state index in [0.717, 1.165) is 13.4 Å². The van der Waals surface area contributed by atoms with Crippen molar-refractivity contribution in [2.45, 2.75) is 36.1 Å². The minimum Gasteiger partial charge on any atom is -0.369 e. The van der Waals surface area contributed by atoms with Crippen molar-refractivity contribution in [1.82, 2.24) is 33.8 Å². The molecule has 19 nitrogen and oxygen atoms in total. The molecule has 4 aromatic heterocycles. The van der Waals surface area contributed by atoms with Crippen molar-refractivity contribution < 1.29 is 46.3 Å². The molecule has 0 saturated carbocycles. The van der Waals surface area contributed by atoms with Crippen molar-refractivity contribution >= 4 is 109 Å². The maximum absolute atomic E-state index is 14.3. The lowest BCUT2D eigenvalue weighted by Gasteiger charge is -2.25. The number of pyridine rings is 1. The number of carbonyl (C=O) groups is 6. The van der Waals surface area contributed by atoms with Crippen LogP contribution >= 0.6 is 54.5 Å². The van der Waals surface area contributed by atoms with Crippen molar-refractivity contribution in [3.8, 4) is 11.1 Å². The first kappa shape index (κ1) is 62.5. The highest BCUT2D eigenvalue weighted by Gasteiger charge is 2.53. The molecule has 26 heteroatoms. The fourth-order valence-electron chi connectivity index (χ4n) is 9.44. The number of nitrogens with one attached hydrogen (secondary N) is 1. The molecule has 3 aliphatic heterocycles. The monoisotopic (exact) mass is 1380 g/mol. The number of alkyl halides is 4. The molecule has 3 aliphatic rings. The zero-order valence-corrected chi connectivity index (χ0v) is 50.0. The number of aldehydes is 3. The van der Waals surface area contributed by atoms with Gasteiger partial charge >= 0.3 is 0 Å². The number of benzene rings is 3. The summed E-state index contributed by atoms with van der Waals surface area (Å²) in [4.78, 5) is 96.7. The molecule has 432 valence electrons. The average Bonchev–Trinajstić information content (AvgIpc) is 4.31. The Hall–Kier alpha value is -8.11. The molecule has 3 aromatic carbocycles. The number of carbonyl (C=O) groups excluding carboxylic acids is 6. The molecule has 7 aromatic rings. The minimum absolute atomic E-state index is 0.00569. The molecule has 0 radical (unpaired) electrons. The Morgan fingerprint density at radius 1 is 0.578 bits per heavy atom. The zero-order valence-electron chi connectivity index (χ0n) is 44.7. The summed E-state index contributed by atoms with van der Waals surface area (Å²) in [7, 11) is 4.61. The average molecular weight is 1380 g/mol. The predicted octanol–water partition coefficient (Wildman–Crippen LogP) is 7.97. The highest BCUT2D eigenvalue weighted by atomic mass is 127. The molecular formula is C57H54Br2F4IN13O6. The second-order valence-corrected chi connectivity index (χ2v) is 21.5. The Morgan fingerprint density at radius 2 is 1.02 bits per heavy atom. The molecule has 3 amide bonds. The van der Waals surface area contributed by atoms with E-state index in [9.17, 15) is 46.3 Å². The highest BCUT2D eigenvalue weighted by Crippen LogP contribution is 2.44. The summed E-state index contributed by atoms with van der Waals surface area (Å²) in [6, 6.07) is 29.0. The van der Waals surface area contributed by atoms with Gasteiger partial charge in [-0.3, -0.25) is 47.9 Å². The normalized spacial score (nSPS) is 19.0. The quantitative estimate of drug-likeness (QED) is 0.0238. The molecule has 7 heterocycles. The Kier molecular flexibility index (Phi) is 20.2. The molecule has 83 heavy (non-hydrogen) atoms. The van der Waals surface area contributed by atoms with Gasteiger partial charge in [0.25, 0.3) is 17.7 Å². The molecule has 0 spiro atoms. The van der Waals surface area contributed by atoms with E-state index in [1.54, 1.807) is 93.2 Å². The fourth-order valence-corrected chi connectivity index (χ4v) is 10.5. The third-order valence-corrected chi connectivity index (χ3v) is 15.4. The van der Waals surface area contributed by atoms with Gasteiger partial charge < -0.3 is 31.3 Å². The number of nitrogens with zero attached hydrogens (tertiary/aromatic N) is 9. The first-order valence-electron chi connectivity index (χ1n) is 25.1. The second kappa shape index (κ2) is 26.9. The van der Waals surface area contributed by atoms with Crippen molar-refractivity contribution in [1.29, 1.82) is 0 Å². The number of aromatic nitrogens is 4. The van der Waals surface area contributed by atoms with Gasteiger partial charge in [-0.05, 0) is 89.3 Å². The molecule has 0 saturated heterocycles. The van der Waals surface area contributed by atoms with E-state index in [1.165, 1.54) is 49.3 Å². The highest BCUT2D eigenvalue weighted by molar-refractivity contribution is 14.1. The molecule has 3 unspecified atom stereocenters. The molecule has 7 N–H and O–H groups in total. The number of guanidine groups is 3. The van der Waals surface area contributed by atoms with Crippen LogP contribution in [0.1, 0.15) is 71.3 Å². The van der Waals surface area contributed by atoms with Crippen molar-refractivity contribution in [2.24, 2.45) is 32.2 Å². The van der Waals surface area contributed by atoms with E-state index in [-0.39, 0.29) is 66.4 Å². The summed E-state index contributed by atoms with van der Waals surface area (Å²) in [5.74, 6) is -1.48. The largest absolute Gasteiger partial charge is 0.369 e. The Labute approximate surface area is 504 Å². The van der Waals surface area contributed by atoms with Crippen LogP contribution in [-0.4, -0.2) is 134 Å². The number of nitrogens with two attached hydrogens (primary N) is 3.